The molecule has 0 aromatic carbocycles. The van der Waals surface area contributed by atoms with Crippen LogP contribution >= 0.6 is 0 Å². The van der Waals surface area contributed by atoms with Crippen LogP contribution in [0.3, 0.4) is 0 Å². The zero-order valence-electron chi connectivity index (χ0n) is 10.3. The summed E-state index contributed by atoms with van der Waals surface area (Å²) < 4.78 is 0. The first kappa shape index (κ1) is 13.5. The minimum Gasteiger partial charge on any atom is -0.130 e. The number of rotatable bonds is 7. The first-order valence-electron chi connectivity index (χ1n) is 6.11. The highest BCUT2D eigenvalue weighted by atomic mass is 14.1. The fourth-order valence-electron chi connectivity index (χ4n) is 1.57. The van der Waals surface area contributed by atoms with Crippen molar-refractivity contribution in [2.45, 2.75) is 59.8 Å². The Hall–Kier alpha value is -0.480. The van der Waals surface area contributed by atoms with E-state index in [-0.39, 0.29) is 0 Å². The van der Waals surface area contributed by atoms with Gasteiger partial charge in [-0.05, 0) is 43.8 Å². The van der Waals surface area contributed by atoms with Crippen LogP contribution in [0, 0.1) is 11.8 Å². The van der Waals surface area contributed by atoms with E-state index in [2.05, 4.69) is 32.6 Å². The molecule has 0 nitrogen and oxygen atoms in total. The van der Waals surface area contributed by atoms with E-state index in [0.717, 1.165) is 11.8 Å². The quantitative estimate of drug-likeness (QED) is 0.502. The van der Waals surface area contributed by atoms with Crippen molar-refractivity contribution in [1.82, 2.24) is 0 Å². The molecule has 0 heterocycles. The number of hydrogen-bond acceptors (Lipinski definition) is 0. The third-order valence-corrected chi connectivity index (χ3v) is 2.99. The van der Waals surface area contributed by atoms with Gasteiger partial charge in [0.05, 0.1) is 0 Å². The van der Waals surface area contributed by atoms with Crippen LogP contribution in [0.5, 0.6) is 0 Å². The van der Waals surface area contributed by atoms with Gasteiger partial charge in [-0.1, -0.05) is 40.0 Å². The maximum atomic E-state index is 3.20. The zero-order valence-corrected chi connectivity index (χ0v) is 10.3. The molecular weight excluding hydrogens is 168 g/mol. The van der Waals surface area contributed by atoms with Crippen LogP contribution in [0.2, 0.25) is 0 Å². The van der Waals surface area contributed by atoms with E-state index < -0.39 is 0 Å². The number of allylic oxidation sites excluding steroid dienone is 1. The average Bonchev–Trinajstić information content (AvgIpc) is 2.22. The van der Waals surface area contributed by atoms with Crippen molar-refractivity contribution in [3.05, 3.63) is 17.9 Å². The largest absolute Gasteiger partial charge is 0.130 e. The van der Waals surface area contributed by atoms with Crippen LogP contribution in [0.1, 0.15) is 59.8 Å². The summed E-state index contributed by atoms with van der Waals surface area (Å²) >= 11 is 0. The van der Waals surface area contributed by atoms with E-state index in [9.17, 15) is 0 Å². The summed E-state index contributed by atoms with van der Waals surface area (Å²) in [5, 5.41) is 0. The molecule has 0 aliphatic rings. The van der Waals surface area contributed by atoms with Gasteiger partial charge in [-0.2, -0.15) is 0 Å². The van der Waals surface area contributed by atoms with Gasteiger partial charge in [-0.3, -0.25) is 0 Å². The lowest BCUT2D eigenvalue weighted by molar-refractivity contribution is 0.448. The fourth-order valence-corrected chi connectivity index (χ4v) is 1.57. The molecule has 0 fully saturated rings. The van der Waals surface area contributed by atoms with Crippen molar-refractivity contribution in [3.8, 4) is 0 Å². The molecule has 0 bridgehead atoms. The predicted molar refractivity (Wildman–Crippen MR) is 65.4 cm³/mol. The van der Waals surface area contributed by atoms with Crippen LogP contribution in [-0.2, 0) is 0 Å². The average molecular weight is 194 g/mol. The van der Waals surface area contributed by atoms with Crippen molar-refractivity contribution in [2.24, 2.45) is 11.8 Å². The van der Waals surface area contributed by atoms with Gasteiger partial charge in [0.25, 0.3) is 0 Å². The summed E-state index contributed by atoms with van der Waals surface area (Å²) in [5.41, 5.74) is 3.20. The molecule has 0 radical (unpaired) electrons. The standard InChI is InChI=1S/C14H26/c1-5-8-11-14(7-3)12-9-10-13(4)6-2/h5,11,13-14H,6-7,9-10,12H2,1-4H3. The van der Waals surface area contributed by atoms with E-state index in [1.165, 1.54) is 32.1 Å². The molecule has 0 aliphatic heterocycles. The second kappa shape index (κ2) is 9.09. The Labute approximate surface area is 90.1 Å². The van der Waals surface area contributed by atoms with Gasteiger partial charge in [-0.25, -0.2) is 0 Å². The van der Waals surface area contributed by atoms with Gasteiger partial charge in [-0.15, -0.1) is 5.73 Å². The SMILES string of the molecule is CC=C=CC(CC)CCCC(C)CC. The smallest absolute Gasteiger partial charge is 0.0160 e. The van der Waals surface area contributed by atoms with Crippen LogP contribution in [0.4, 0.5) is 0 Å². The molecule has 0 amide bonds. The van der Waals surface area contributed by atoms with E-state index in [4.69, 9.17) is 0 Å². The minimum atomic E-state index is 0.746. The van der Waals surface area contributed by atoms with Crippen LogP contribution < -0.4 is 0 Å². The van der Waals surface area contributed by atoms with Gasteiger partial charge in [0, 0.05) is 0 Å². The molecule has 0 rings (SSSR count). The van der Waals surface area contributed by atoms with Gasteiger partial charge < -0.3 is 0 Å². The highest BCUT2D eigenvalue weighted by molar-refractivity contribution is 4.87. The predicted octanol–water partition coefficient (Wildman–Crippen LogP) is 4.96. The molecule has 2 unspecified atom stereocenters. The van der Waals surface area contributed by atoms with Crippen LogP contribution in [-0.4, -0.2) is 0 Å². The second-order valence-corrected chi connectivity index (χ2v) is 4.23. The summed E-state index contributed by atoms with van der Waals surface area (Å²) in [5.74, 6) is 1.65. The van der Waals surface area contributed by atoms with Gasteiger partial charge in [0.1, 0.15) is 0 Å². The third-order valence-electron chi connectivity index (χ3n) is 2.99. The minimum absolute atomic E-state index is 0.746. The summed E-state index contributed by atoms with van der Waals surface area (Å²) in [7, 11) is 0. The van der Waals surface area contributed by atoms with Gasteiger partial charge >= 0.3 is 0 Å². The molecular formula is C14H26. The molecule has 0 spiro atoms. The maximum absolute atomic E-state index is 3.20. The number of hydrogen-bond donors (Lipinski definition) is 0. The highest BCUT2D eigenvalue weighted by Gasteiger charge is 2.03. The first-order chi connectivity index (χ1) is 6.74. The maximum Gasteiger partial charge on any atom is -0.0160 e. The Bertz CT molecular complexity index is 172. The molecule has 82 valence electrons. The molecule has 0 aromatic rings. The Morgan fingerprint density at radius 1 is 1.14 bits per heavy atom. The van der Waals surface area contributed by atoms with Crippen molar-refractivity contribution < 1.29 is 0 Å². The lowest BCUT2D eigenvalue weighted by atomic mass is 9.95. The molecule has 0 saturated carbocycles. The lowest BCUT2D eigenvalue weighted by Crippen LogP contribution is -1.97. The topological polar surface area (TPSA) is 0 Å². The van der Waals surface area contributed by atoms with Crippen molar-refractivity contribution in [1.29, 1.82) is 0 Å². The van der Waals surface area contributed by atoms with Crippen molar-refractivity contribution >= 4 is 0 Å². The first-order valence-corrected chi connectivity index (χ1v) is 6.11. The monoisotopic (exact) mass is 194 g/mol. The van der Waals surface area contributed by atoms with Crippen molar-refractivity contribution in [2.75, 3.05) is 0 Å². The third kappa shape index (κ3) is 6.97. The normalized spacial score (nSPS) is 14.3. The summed E-state index contributed by atoms with van der Waals surface area (Å²) in [4.78, 5) is 0. The van der Waals surface area contributed by atoms with E-state index >= 15 is 0 Å². The fraction of sp³-hybridized carbons (Fsp3) is 0.786. The Balaban J connectivity index is 3.68. The van der Waals surface area contributed by atoms with Gasteiger partial charge in [0.15, 0.2) is 0 Å². The summed E-state index contributed by atoms with van der Waals surface area (Å²) in [6.07, 6.45) is 10.9. The summed E-state index contributed by atoms with van der Waals surface area (Å²) in [6, 6.07) is 0. The van der Waals surface area contributed by atoms with E-state index in [0.29, 0.717) is 0 Å². The molecule has 0 heteroatoms. The molecule has 2 atom stereocenters. The molecule has 0 saturated heterocycles. The van der Waals surface area contributed by atoms with Gasteiger partial charge in [0.2, 0.25) is 0 Å². The highest BCUT2D eigenvalue weighted by Crippen LogP contribution is 2.17. The van der Waals surface area contributed by atoms with E-state index in [1.807, 2.05) is 13.0 Å². The van der Waals surface area contributed by atoms with E-state index in [1.54, 1.807) is 0 Å². The van der Waals surface area contributed by atoms with Crippen LogP contribution in [0.15, 0.2) is 17.9 Å². The Kier molecular flexibility index (Phi) is 8.78. The van der Waals surface area contributed by atoms with Crippen LogP contribution in [0.25, 0.3) is 0 Å². The Morgan fingerprint density at radius 3 is 2.36 bits per heavy atom. The van der Waals surface area contributed by atoms with Crippen molar-refractivity contribution in [3.63, 3.8) is 0 Å². The Morgan fingerprint density at radius 2 is 1.86 bits per heavy atom. The lowest BCUT2D eigenvalue weighted by Gasteiger charge is -2.11. The molecule has 0 aliphatic carbocycles. The molecule has 14 heavy (non-hydrogen) atoms. The summed E-state index contributed by atoms with van der Waals surface area (Å²) in [6.45, 7) is 8.93. The zero-order chi connectivity index (χ0) is 10.8. The second-order valence-electron chi connectivity index (χ2n) is 4.23. The molecule has 0 aromatic heterocycles. The molecule has 0 N–H and O–H groups in total.